The van der Waals surface area contributed by atoms with Crippen LogP contribution in [0.15, 0.2) is 5.51 Å². The van der Waals surface area contributed by atoms with Gasteiger partial charge in [0, 0.05) is 4.88 Å². The van der Waals surface area contributed by atoms with Crippen molar-refractivity contribution in [2.45, 2.75) is 19.9 Å². The third kappa shape index (κ3) is 2.35. The highest BCUT2D eigenvalue weighted by molar-refractivity contribution is 7.09. The summed E-state index contributed by atoms with van der Waals surface area (Å²) in [5, 5.41) is 2.30. The van der Waals surface area contributed by atoms with Gasteiger partial charge in [0.25, 0.3) is 0 Å². The zero-order valence-electron chi connectivity index (χ0n) is 10.4. The zero-order chi connectivity index (χ0) is 15.0. The number of benzene rings is 1. The Balaban J connectivity index is 2.42. The van der Waals surface area contributed by atoms with Crippen LogP contribution in [0, 0.1) is 36.0 Å². The average Bonchev–Trinajstić information content (AvgIpc) is 2.85. The highest BCUT2D eigenvalue weighted by atomic mass is 32.1. The van der Waals surface area contributed by atoms with Gasteiger partial charge in [-0.15, -0.1) is 11.3 Å². The van der Waals surface area contributed by atoms with Crippen molar-refractivity contribution in [3.63, 3.8) is 0 Å². The van der Waals surface area contributed by atoms with Gasteiger partial charge in [0.1, 0.15) is 5.69 Å². The fourth-order valence-corrected chi connectivity index (χ4v) is 2.55. The Bertz CT molecular complexity index is 627. The summed E-state index contributed by atoms with van der Waals surface area (Å²) in [6.07, 6.45) is 0. The van der Waals surface area contributed by atoms with Gasteiger partial charge in [-0.3, -0.25) is 0 Å². The second-order valence-corrected chi connectivity index (χ2v) is 5.00. The number of hydrogen-bond donors (Lipinski definition) is 1. The number of anilines is 1. The van der Waals surface area contributed by atoms with Gasteiger partial charge in [0.15, 0.2) is 23.3 Å². The lowest BCUT2D eigenvalue weighted by Gasteiger charge is -2.16. The molecule has 0 bridgehead atoms. The summed E-state index contributed by atoms with van der Waals surface area (Å²) in [4.78, 5) is 4.60. The van der Waals surface area contributed by atoms with Crippen LogP contribution >= 0.6 is 11.3 Å². The van der Waals surface area contributed by atoms with E-state index in [1.165, 1.54) is 16.8 Å². The predicted octanol–water partition coefficient (Wildman–Crippen LogP) is 4.32. The Morgan fingerprint density at radius 3 is 1.95 bits per heavy atom. The van der Waals surface area contributed by atoms with Gasteiger partial charge in [-0.1, -0.05) is 0 Å². The van der Waals surface area contributed by atoms with Crippen molar-refractivity contribution in [2.75, 3.05) is 5.32 Å². The van der Waals surface area contributed by atoms with E-state index in [9.17, 15) is 22.0 Å². The number of nitrogens with zero attached hydrogens (tertiary/aromatic N) is 1. The van der Waals surface area contributed by atoms with Crippen molar-refractivity contribution in [3.8, 4) is 0 Å². The molecule has 0 aliphatic carbocycles. The van der Waals surface area contributed by atoms with Crippen molar-refractivity contribution >= 4 is 17.0 Å². The molecule has 2 rings (SSSR count). The Hall–Kier alpha value is -1.70. The minimum absolute atomic E-state index is 0.624. The third-order valence-electron chi connectivity index (χ3n) is 2.75. The molecule has 1 aromatic heterocycles. The van der Waals surface area contributed by atoms with Crippen molar-refractivity contribution < 1.29 is 22.0 Å². The summed E-state index contributed by atoms with van der Waals surface area (Å²) < 4.78 is 66.1. The molecule has 0 saturated carbocycles. The molecule has 1 N–H and O–H groups in total. The number of rotatable bonds is 3. The lowest BCUT2D eigenvalue weighted by Crippen LogP contribution is -2.13. The number of thiazole rings is 1. The van der Waals surface area contributed by atoms with E-state index in [0.717, 1.165) is 0 Å². The quantitative estimate of drug-likeness (QED) is 0.519. The van der Waals surface area contributed by atoms with Gasteiger partial charge < -0.3 is 5.32 Å². The van der Waals surface area contributed by atoms with Crippen LogP contribution in [0.2, 0.25) is 0 Å². The van der Waals surface area contributed by atoms with Crippen LogP contribution < -0.4 is 5.32 Å². The predicted molar refractivity (Wildman–Crippen MR) is 65.1 cm³/mol. The minimum Gasteiger partial charge on any atom is -0.373 e. The molecule has 1 heterocycles. The number of nitrogens with one attached hydrogen (secondary N) is 1. The van der Waals surface area contributed by atoms with E-state index < -0.39 is 40.8 Å². The lowest BCUT2D eigenvalue weighted by molar-refractivity contribution is 0.381. The highest BCUT2D eigenvalue weighted by Crippen LogP contribution is 2.31. The molecule has 1 unspecified atom stereocenters. The summed E-state index contributed by atoms with van der Waals surface area (Å²) in [5.74, 6) is -9.88. The molecule has 0 fully saturated rings. The first-order valence-corrected chi connectivity index (χ1v) is 6.40. The zero-order valence-corrected chi connectivity index (χ0v) is 11.2. The van der Waals surface area contributed by atoms with Crippen LogP contribution in [0.25, 0.3) is 0 Å². The second-order valence-electron chi connectivity index (χ2n) is 4.11. The van der Waals surface area contributed by atoms with Gasteiger partial charge in [0.2, 0.25) is 5.82 Å². The maximum Gasteiger partial charge on any atom is 0.200 e. The van der Waals surface area contributed by atoms with Crippen molar-refractivity contribution in [1.82, 2.24) is 4.98 Å². The van der Waals surface area contributed by atoms with E-state index in [0.29, 0.717) is 10.6 Å². The van der Waals surface area contributed by atoms with Crippen LogP contribution in [0.4, 0.5) is 27.6 Å². The average molecular weight is 308 g/mol. The fourth-order valence-electron chi connectivity index (χ4n) is 1.74. The van der Waals surface area contributed by atoms with Crippen LogP contribution in [-0.2, 0) is 0 Å². The molecule has 0 radical (unpaired) electrons. The van der Waals surface area contributed by atoms with E-state index in [4.69, 9.17) is 0 Å². The molecule has 1 atom stereocenters. The van der Waals surface area contributed by atoms with Crippen LogP contribution in [0.3, 0.4) is 0 Å². The van der Waals surface area contributed by atoms with Gasteiger partial charge in [-0.2, -0.15) is 0 Å². The molecule has 0 saturated heterocycles. The Morgan fingerprint density at radius 2 is 1.50 bits per heavy atom. The van der Waals surface area contributed by atoms with E-state index in [2.05, 4.69) is 10.3 Å². The highest BCUT2D eigenvalue weighted by Gasteiger charge is 2.27. The first kappa shape index (κ1) is 14.7. The van der Waals surface area contributed by atoms with E-state index in [1.54, 1.807) is 13.8 Å². The topological polar surface area (TPSA) is 24.9 Å². The minimum atomic E-state index is -2.17. The third-order valence-corrected chi connectivity index (χ3v) is 3.86. The van der Waals surface area contributed by atoms with Crippen molar-refractivity contribution in [3.05, 3.63) is 45.2 Å². The lowest BCUT2D eigenvalue weighted by atomic mass is 10.2. The standard InChI is InChI=1S/C12H9F5N2S/c1-4-12(20-3-18-4)5(2)19-11-9(16)7(14)6(13)8(15)10(11)17/h3,5,19H,1-2H3. The largest absolute Gasteiger partial charge is 0.373 e. The number of hydrogen-bond acceptors (Lipinski definition) is 3. The Labute approximate surface area is 115 Å². The molecule has 20 heavy (non-hydrogen) atoms. The van der Waals surface area contributed by atoms with Crippen molar-refractivity contribution in [2.24, 2.45) is 0 Å². The maximum absolute atomic E-state index is 13.5. The van der Waals surface area contributed by atoms with E-state index >= 15 is 0 Å². The summed E-state index contributed by atoms with van der Waals surface area (Å²) >= 11 is 1.22. The number of aromatic nitrogens is 1. The monoisotopic (exact) mass is 308 g/mol. The molecule has 0 aliphatic rings. The van der Waals surface area contributed by atoms with Gasteiger partial charge in [-0.05, 0) is 13.8 Å². The molecule has 1 aromatic carbocycles. The molecule has 0 aliphatic heterocycles. The van der Waals surface area contributed by atoms with Crippen LogP contribution in [-0.4, -0.2) is 4.98 Å². The van der Waals surface area contributed by atoms with Crippen LogP contribution in [0.1, 0.15) is 23.5 Å². The molecule has 2 nitrogen and oxygen atoms in total. The number of halogens is 5. The fraction of sp³-hybridized carbons (Fsp3) is 0.250. The number of aryl methyl sites for hydroxylation is 1. The molecule has 0 spiro atoms. The summed E-state index contributed by atoms with van der Waals surface area (Å²) in [7, 11) is 0. The second kappa shape index (κ2) is 5.35. The Morgan fingerprint density at radius 1 is 1.00 bits per heavy atom. The van der Waals surface area contributed by atoms with Crippen LogP contribution in [0.5, 0.6) is 0 Å². The summed E-state index contributed by atoms with van der Waals surface area (Å²) in [5.41, 5.74) is 1.11. The maximum atomic E-state index is 13.5. The first-order chi connectivity index (χ1) is 9.34. The molecule has 0 amide bonds. The van der Waals surface area contributed by atoms with E-state index in [1.807, 2.05) is 0 Å². The molecule has 8 heteroatoms. The molecular formula is C12H9F5N2S. The van der Waals surface area contributed by atoms with Crippen molar-refractivity contribution in [1.29, 1.82) is 0 Å². The Kier molecular flexibility index (Phi) is 3.94. The van der Waals surface area contributed by atoms with E-state index in [-0.39, 0.29) is 0 Å². The normalized spacial score (nSPS) is 12.6. The first-order valence-electron chi connectivity index (χ1n) is 5.52. The molecule has 2 aromatic rings. The smallest absolute Gasteiger partial charge is 0.200 e. The van der Waals surface area contributed by atoms with Gasteiger partial charge in [0.05, 0.1) is 17.2 Å². The summed E-state index contributed by atoms with van der Waals surface area (Å²) in [6, 6.07) is -0.643. The van der Waals surface area contributed by atoms with Gasteiger partial charge >= 0.3 is 0 Å². The molecule has 108 valence electrons. The van der Waals surface area contributed by atoms with Gasteiger partial charge in [-0.25, -0.2) is 26.9 Å². The summed E-state index contributed by atoms with van der Waals surface area (Å²) in [6.45, 7) is 3.22. The SMILES string of the molecule is Cc1ncsc1C(C)Nc1c(F)c(F)c(F)c(F)c1F. The molecular weight excluding hydrogens is 299 g/mol.